The Bertz CT molecular complexity index is 1120. The smallest absolute Gasteiger partial charge is 0.341 e. The fraction of sp³-hybridized carbons (Fsp3) is 0.429. The molecule has 2 aliphatic rings. The SMILES string of the molecule is CCS(=O)(=O)N1C[C@@H](C(=O)Nc2sc3c(c2C(=O)OC)CCCC3)Oc2ccccc21. The number of benzene rings is 1. The van der Waals surface area contributed by atoms with Gasteiger partial charge in [-0.3, -0.25) is 9.10 Å². The largest absolute Gasteiger partial charge is 0.476 e. The maximum atomic E-state index is 13.1. The number of thiophene rings is 1. The Morgan fingerprint density at radius 1 is 1.26 bits per heavy atom. The number of carbonyl (C=O) groups is 2. The molecule has 1 atom stereocenters. The number of rotatable bonds is 5. The summed E-state index contributed by atoms with van der Waals surface area (Å²) >= 11 is 1.37. The molecule has 166 valence electrons. The molecular weight excluding hydrogens is 440 g/mol. The predicted octanol–water partition coefficient (Wildman–Crippen LogP) is 2.97. The number of fused-ring (bicyclic) bond motifs is 2. The molecule has 1 aliphatic carbocycles. The van der Waals surface area contributed by atoms with Crippen molar-refractivity contribution in [3.63, 3.8) is 0 Å². The molecule has 0 spiro atoms. The standard InChI is InChI=1S/C21H24N2O6S2/c1-3-31(26,27)23-12-16(29-15-10-6-5-9-14(15)23)19(24)22-20-18(21(25)28-2)13-8-4-7-11-17(13)30-20/h5-6,9-10,16H,3-4,7-8,11-12H2,1-2H3,(H,22,24)/t16-/m0/s1. The van der Waals surface area contributed by atoms with Crippen LogP contribution in [-0.4, -0.2) is 45.8 Å². The molecule has 10 heteroatoms. The van der Waals surface area contributed by atoms with E-state index < -0.39 is 28.0 Å². The highest BCUT2D eigenvalue weighted by Crippen LogP contribution is 2.39. The lowest BCUT2D eigenvalue weighted by molar-refractivity contribution is -0.122. The van der Waals surface area contributed by atoms with Crippen LogP contribution in [0, 0.1) is 0 Å². The predicted molar refractivity (Wildman–Crippen MR) is 119 cm³/mol. The minimum Gasteiger partial charge on any atom is -0.476 e. The van der Waals surface area contributed by atoms with Gasteiger partial charge >= 0.3 is 5.97 Å². The summed E-state index contributed by atoms with van der Waals surface area (Å²) in [6.45, 7) is 1.42. The number of sulfonamides is 1. The van der Waals surface area contributed by atoms with Gasteiger partial charge in [-0.25, -0.2) is 13.2 Å². The zero-order valence-corrected chi connectivity index (χ0v) is 19.0. The number of nitrogens with zero attached hydrogens (tertiary/aromatic N) is 1. The Morgan fingerprint density at radius 2 is 2.00 bits per heavy atom. The number of nitrogens with one attached hydrogen (secondary N) is 1. The molecular formula is C21H24N2O6S2. The molecule has 4 rings (SSSR count). The van der Waals surface area contributed by atoms with Gasteiger partial charge in [0.1, 0.15) is 10.8 Å². The van der Waals surface area contributed by atoms with Gasteiger partial charge < -0.3 is 14.8 Å². The van der Waals surface area contributed by atoms with Gasteiger partial charge in [-0.1, -0.05) is 12.1 Å². The third kappa shape index (κ3) is 4.01. The third-order valence-corrected chi connectivity index (χ3v) is 8.48. The minimum absolute atomic E-state index is 0.0974. The molecule has 0 unspecified atom stereocenters. The lowest BCUT2D eigenvalue weighted by Gasteiger charge is -2.34. The number of amides is 1. The number of hydrogen-bond acceptors (Lipinski definition) is 7. The van der Waals surface area contributed by atoms with Gasteiger partial charge in [0, 0.05) is 4.88 Å². The molecule has 0 saturated heterocycles. The van der Waals surface area contributed by atoms with E-state index in [9.17, 15) is 18.0 Å². The van der Waals surface area contributed by atoms with Gasteiger partial charge in [0.15, 0.2) is 6.10 Å². The summed E-state index contributed by atoms with van der Waals surface area (Å²) in [5.74, 6) is -0.765. The van der Waals surface area contributed by atoms with Crippen molar-refractivity contribution in [2.45, 2.75) is 38.7 Å². The van der Waals surface area contributed by atoms with Crippen LogP contribution in [0.25, 0.3) is 0 Å². The van der Waals surface area contributed by atoms with Crippen molar-refractivity contribution in [3.8, 4) is 5.75 Å². The quantitative estimate of drug-likeness (QED) is 0.683. The second kappa shape index (κ2) is 8.51. The molecule has 2 aromatic rings. The normalized spacial score (nSPS) is 17.9. The van der Waals surface area contributed by atoms with Crippen LogP contribution < -0.4 is 14.4 Å². The van der Waals surface area contributed by atoms with Crippen molar-refractivity contribution in [1.29, 1.82) is 0 Å². The summed E-state index contributed by atoms with van der Waals surface area (Å²) < 4.78 is 37.3. The maximum absolute atomic E-state index is 13.1. The Balaban J connectivity index is 1.64. The van der Waals surface area contributed by atoms with Gasteiger partial charge in [0.25, 0.3) is 5.91 Å². The van der Waals surface area contributed by atoms with E-state index in [1.54, 1.807) is 31.2 Å². The lowest BCUT2D eigenvalue weighted by atomic mass is 9.95. The van der Waals surface area contributed by atoms with Crippen LogP contribution in [0.3, 0.4) is 0 Å². The number of hydrogen-bond donors (Lipinski definition) is 1. The summed E-state index contributed by atoms with van der Waals surface area (Å²) in [7, 11) is -2.28. The van der Waals surface area contributed by atoms with E-state index in [1.165, 1.54) is 22.8 Å². The topological polar surface area (TPSA) is 102 Å². The second-order valence-corrected chi connectivity index (χ2v) is 10.7. The van der Waals surface area contributed by atoms with Crippen LogP contribution in [0.1, 0.15) is 40.6 Å². The van der Waals surface area contributed by atoms with Gasteiger partial charge in [0.2, 0.25) is 10.0 Å². The van der Waals surface area contributed by atoms with Gasteiger partial charge in [-0.05, 0) is 50.3 Å². The third-order valence-electron chi connectivity index (χ3n) is 5.53. The first-order valence-corrected chi connectivity index (χ1v) is 12.6. The first-order chi connectivity index (χ1) is 14.9. The Morgan fingerprint density at radius 3 is 2.74 bits per heavy atom. The van der Waals surface area contributed by atoms with E-state index in [4.69, 9.17) is 9.47 Å². The summed E-state index contributed by atoms with van der Waals surface area (Å²) in [6, 6.07) is 6.73. The zero-order valence-electron chi connectivity index (χ0n) is 17.3. The molecule has 8 nitrogen and oxygen atoms in total. The van der Waals surface area contributed by atoms with E-state index >= 15 is 0 Å². The number of anilines is 2. The van der Waals surface area contributed by atoms with Crippen molar-refractivity contribution in [2.75, 3.05) is 29.0 Å². The molecule has 0 bridgehead atoms. The Hall–Kier alpha value is -2.59. The number of aryl methyl sites for hydroxylation is 1. The van der Waals surface area contributed by atoms with Gasteiger partial charge in [0.05, 0.1) is 30.7 Å². The van der Waals surface area contributed by atoms with Crippen molar-refractivity contribution >= 4 is 43.9 Å². The summed E-state index contributed by atoms with van der Waals surface area (Å²) in [5.41, 5.74) is 1.74. The number of ether oxygens (including phenoxy) is 2. The van der Waals surface area contributed by atoms with Crippen LogP contribution in [0.5, 0.6) is 5.75 Å². The first kappa shape index (κ1) is 21.6. The van der Waals surface area contributed by atoms with Crippen LogP contribution in [-0.2, 0) is 32.4 Å². The Labute approximate surface area is 185 Å². The van der Waals surface area contributed by atoms with Crippen molar-refractivity contribution in [1.82, 2.24) is 0 Å². The van der Waals surface area contributed by atoms with Crippen LogP contribution in [0.15, 0.2) is 24.3 Å². The Kier molecular flexibility index (Phi) is 5.94. The van der Waals surface area contributed by atoms with E-state index in [-0.39, 0.29) is 12.3 Å². The summed E-state index contributed by atoms with van der Waals surface area (Å²) in [5, 5.41) is 3.23. The van der Waals surface area contributed by atoms with Crippen LogP contribution in [0.2, 0.25) is 0 Å². The highest BCUT2D eigenvalue weighted by atomic mass is 32.2. The van der Waals surface area contributed by atoms with E-state index in [0.717, 1.165) is 36.1 Å². The maximum Gasteiger partial charge on any atom is 0.341 e. The zero-order chi connectivity index (χ0) is 22.2. The molecule has 1 aromatic carbocycles. The highest BCUT2D eigenvalue weighted by molar-refractivity contribution is 7.92. The molecule has 0 radical (unpaired) electrons. The minimum atomic E-state index is -3.60. The average Bonchev–Trinajstić information content (AvgIpc) is 3.15. The number of methoxy groups -OCH3 is 1. The van der Waals surface area contributed by atoms with Gasteiger partial charge in [-0.2, -0.15) is 0 Å². The van der Waals surface area contributed by atoms with Crippen molar-refractivity contribution in [2.24, 2.45) is 0 Å². The summed E-state index contributed by atoms with van der Waals surface area (Å²) in [4.78, 5) is 26.6. The molecule has 1 N–H and O–H groups in total. The van der Waals surface area contributed by atoms with Crippen molar-refractivity contribution in [3.05, 3.63) is 40.3 Å². The van der Waals surface area contributed by atoms with E-state index in [0.29, 0.717) is 22.0 Å². The van der Waals surface area contributed by atoms with E-state index in [1.807, 2.05) is 0 Å². The highest BCUT2D eigenvalue weighted by Gasteiger charge is 2.37. The van der Waals surface area contributed by atoms with Crippen molar-refractivity contribution < 1.29 is 27.5 Å². The lowest BCUT2D eigenvalue weighted by Crippen LogP contribution is -2.49. The number of para-hydroxylation sites is 2. The van der Waals surface area contributed by atoms with E-state index in [2.05, 4.69) is 5.32 Å². The average molecular weight is 465 g/mol. The van der Waals surface area contributed by atoms with Crippen LogP contribution >= 0.6 is 11.3 Å². The molecule has 0 saturated carbocycles. The summed E-state index contributed by atoms with van der Waals surface area (Å²) in [6.07, 6.45) is 2.58. The molecule has 1 aromatic heterocycles. The number of esters is 1. The molecule has 1 amide bonds. The molecule has 31 heavy (non-hydrogen) atoms. The molecule has 2 heterocycles. The fourth-order valence-corrected chi connectivity index (χ4v) is 6.33. The molecule has 0 fully saturated rings. The second-order valence-electron chi connectivity index (χ2n) is 7.40. The number of carbonyl (C=O) groups excluding carboxylic acids is 2. The van der Waals surface area contributed by atoms with Gasteiger partial charge in [-0.15, -0.1) is 11.3 Å². The fourth-order valence-electron chi connectivity index (χ4n) is 3.92. The van der Waals surface area contributed by atoms with Crippen LogP contribution in [0.4, 0.5) is 10.7 Å². The first-order valence-electron chi connectivity index (χ1n) is 10.2. The molecule has 1 aliphatic heterocycles. The monoisotopic (exact) mass is 464 g/mol.